The fourth-order valence-corrected chi connectivity index (χ4v) is 5.58. The normalized spacial score (nSPS) is 12.4. The minimum atomic E-state index is -4.24. The van der Waals surface area contributed by atoms with Crippen molar-refractivity contribution in [2.75, 3.05) is 18.0 Å². The predicted molar refractivity (Wildman–Crippen MR) is 153 cm³/mol. The third-order valence-electron chi connectivity index (χ3n) is 5.97. The number of ether oxygens (including phenoxy) is 1. The Kier molecular flexibility index (Phi) is 9.81. The lowest BCUT2D eigenvalue weighted by atomic mass is 10.1. The number of hydrogen-bond acceptors (Lipinski definition) is 5. The van der Waals surface area contributed by atoms with Crippen LogP contribution in [0.15, 0.2) is 77.7 Å². The van der Waals surface area contributed by atoms with E-state index in [1.807, 2.05) is 20.8 Å². The van der Waals surface area contributed by atoms with Gasteiger partial charge in [0.15, 0.2) is 0 Å². The Balaban J connectivity index is 2.06. The number of benzene rings is 3. The maximum atomic E-state index is 13.9. The number of hydrogen-bond donors (Lipinski definition) is 1. The molecule has 1 atom stereocenters. The van der Waals surface area contributed by atoms with Gasteiger partial charge in [-0.2, -0.15) is 0 Å². The van der Waals surface area contributed by atoms with Gasteiger partial charge in [0, 0.05) is 12.1 Å². The summed E-state index contributed by atoms with van der Waals surface area (Å²) in [6.45, 7) is 6.31. The third kappa shape index (κ3) is 7.73. The molecule has 8 nitrogen and oxygen atoms in total. The van der Waals surface area contributed by atoms with E-state index < -0.39 is 45.8 Å². The van der Waals surface area contributed by atoms with Crippen molar-refractivity contribution in [3.05, 3.63) is 89.2 Å². The number of halogens is 2. The van der Waals surface area contributed by atoms with E-state index in [0.717, 1.165) is 4.31 Å². The first kappa shape index (κ1) is 30.9. The summed E-state index contributed by atoms with van der Waals surface area (Å²) in [4.78, 5) is 28.3. The Morgan fingerprint density at radius 2 is 1.65 bits per heavy atom. The van der Waals surface area contributed by atoms with E-state index in [1.54, 1.807) is 25.1 Å². The number of sulfonamides is 1. The molecule has 3 aromatic rings. The van der Waals surface area contributed by atoms with Crippen LogP contribution < -0.4 is 14.4 Å². The molecule has 0 bridgehead atoms. The van der Waals surface area contributed by atoms with E-state index in [2.05, 4.69) is 5.32 Å². The van der Waals surface area contributed by atoms with Crippen LogP contribution in [0, 0.1) is 5.82 Å². The van der Waals surface area contributed by atoms with Crippen molar-refractivity contribution in [1.29, 1.82) is 0 Å². The van der Waals surface area contributed by atoms with Gasteiger partial charge in [0.2, 0.25) is 11.8 Å². The molecule has 0 spiro atoms. The first-order valence-corrected chi connectivity index (χ1v) is 14.3. The minimum absolute atomic E-state index is 0.0293. The molecule has 3 rings (SSSR count). The van der Waals surface area contributed by atoms with Gasteiger partial charge in [-0.05, 0) is 75.7 Å². The zero-order valence-corrected chi connectivity index (χ0v) is 24.6. The number of carbonyl (C=O) groups excluding carboxylic acids is 2. The number of anilines is 1. The summed E-state index contributed by atoms with van der Waals surface area (Å²) in [6, 6.07) is 16.6. The first-order valence-electron chi connectivity index (χ1n) is 12.5. The molecular weight excluding hydrogens is 557 g/mol. The zero-order valence-electron chi connectivity index (χ0n) is 23.0. The Labute approximate surface area is 239 Å². The van der Waals surface area contributed by atoms with E-state index >= 15 is 0 Å². The highest BCUT2D eigenvalue weighted by Crippen LogP contribution is 2.32. The summed E-state index contributed by atoms with van der Waals surface area (Å²) in [6.07, 6.45) is 0. The Morgan fingerprint density at radius 1 is 1.02 bits per heavy atom. The molecule has 0 aromatic heterocycles. The Bertz CT molecular complexity index is 1440. The van der Waals surface area contributed by atoms with Crippen LogP contribution in [0.2, 0.25) is 5.02 Å². The van der Waals surface area contributed by atoms with Crippen LogP contribution >= 0.6 is 11.6 Å². The number of nitrogens with zero attached hydrogens (tertiary/aromatic N) is 2. The zero-order chi connectivity index (χ0) is 29.7. The van der Waals surface area contributed by atoms with Gasteiger partial charge in [0.05, 0.1) is 22.7 Å². The van der Waals surface area contributed by atoms with Crippen LogP contribution in [0.3, 0.4) is 0 Å². The second kappa shape index (κ2) is 12.7. The molecule has 0 saturated carbocycles. The van der Waals surface area contributed by atoms with Gasteiger partial charge in [0.1, 0.15) is 24.2 Å². The summed E-state index contributed by atoms with van der Waals surface area (Å²) in [7, 11) is -2.81. The number of methoxy groups -OCH3 is 1. The van der Waals surface area contributed by atoms with Crippen molar-refractivity contribution in [2.24, 2.45) is 0 Å². The van der Waals surface area contributed by atoms with Crippen LogP contribution in [0.5, 0.6) is 5.75 Å². The van der Waals surface area contributed by atoms with Gasteiger partial charge in [0.25, 0.3) is 10.0 Å². The van der Waals surface area contributed by atoms with Gasteiger partial charge in [-0.15, -0.1) is 0 Å². The average molecular weight is 590 g/mol. The van der Waals surface area contributed by atoms with Crippen LogP contribution in [-0.4, -0.2) is 50.4 Å². The van der Waals surface area contributed by atoms with Crippen molar-refractivity contribution in [3.8, 4) is 5.75 Å². The largest absolute Gasteiger partial charge is 0.495 e. The molecule has 1 N–H and O–H groups in total. The van der Waals surface area contributed by atoms with Crippen LogP contribution in [0.4, 0.5) is 10.1 Å². The SMILES string of the molecule is COc1ccc(N(CC(=O)N(Cc2ccc(F)cc2)C(C)C(=O)NC(C)(C)C)S(=O)(=O)c2ccccc2)cc1Cl. The van der Waals surface area contributed by atoms with Gasteiger partial charge in [-0.25, -0.2) is 12.8 Å². The fraction of sp³-hybridized carbons (Fsp3) is 0.310. The molecule has 0 heterocycles. The average Bonchev–Trinajstić information content (AvgIpc) is 2.90. The molecule has 1 unspecified atom stereocenters. The Hall–Kier alpha value is -3.63. The van der Waals surface area contributed by atoms with E-state index in [4.69, 9.17) is 16.3 Å². The lowest BCUT2D eigenvalue weighted by Gasteiger charge is -2.33. The highest BCUT2D eigenvalue weighted by atomic mass is 35.5. The van der Waals surface area contributed by atoms with Crippen molar-refractivity contribution in [1.82, 2.24) is 10.2 Å². The monoisotopic (exact) mass is 589 g/mol. The molecule has 2 amide bonds. The molecule has 214 valence electrons. The van der Waals surface area contributed by atoms with Crippen molar-refractivity contribution in [3.63, 3.8) is 0 Å². The highest BCUT2D eigenvalue weighted by Gasteiger charge is 2.33. The number of nitrogens with one attached hydrogen (secondary N) is 1. The third-order valence-corrected chi connectivity index (χ3v) is 8.05. The van der Waals surface area contributed by atoms with Gasteiger partial charge in [-0.1, -0.05) is 41.9 Å². The maximum absolute atomic E-state index is 13.9. The molecule has 0 aliphatic rings. The summed E-state index contributed by atoms with van der Waals surface area (Å²) in [5, 5.41) is 3.01. The topological polar surface area (TPSA) is 96.0 Å². The van der Waals surface area contributed by atoms with E-state index in [1.165, 1.54) is 66.6 Å². The van der Waals surface area contributed by atoms with Gasteiger partial charge < -0.3 is 15.0 Å². The van der Waals surface area contributed by atoms with Crippen molar-refractivity contribution < 1.29 is 27.1 Å². The molecular formula is C29H33ClFN3O5S. The first-order chi connectivity index (χ1) is 18.7. The van der Waals surface area contributed by atoms with Crippen LogP contribution in [-0.2, 0) is 26.2 Å². The molecule has 0 radical (unpaired) electrons. The predicted octanol–water partition coefficient (Wildman–Crippen LogP) is 5.02. The second-order valence-electron chi connectivity index (χ2n) is 10.2. The van der Waals surface area contributed by atoms with Gasteiger partial charge >= 0.3 is 0 Å². The quantitative estimate of drug-likeness (QED) is 0.358. The molecule has 0 fully saturated rings. The Morgan fingerprint density at radius 3 is 2.20 bits per heavy atom. The minimum Gasteiger partial charge on any atom is -0.495 e. The summed E-state index contributed by atoms with van der Waals surface area (Å²) < 4.78 is 47.3. The lowest BCUT2D eigenvalue weighted by molar-refractivity contribution is -0.140. The standard InChI is InChI=1S/C29H33ClFN3O5S/c1-20(28(36)32-29(2,3)4)33(18-21-11-13-22(31)14-12-21)27(35)19-34(23-15-16-26(39-5)25(30)17-23)40(37,38)24-9-7-6-8-10-24/h6-17,20H,18-19H2,1-5H3,(H,32,36). The molecule has 3 aromatic carbocycles. The number of carbonyl (C=O) groups is 2. The maximum Gasteiger partial charge on any atom is 0.264 e. The van der Waals surface area contributed by atoms with Crippen molar-refractivity contribution >= 4 is 39.1 Å². The lowest BCUT2D eigenvalue weighted by Crippen LogP contribution is -2.54. The molecule has 0 aliphatic heterocycles. The van der Waals surface area contributed by atoms with Crippen LogP contribution in [0.25, 0.3) is 0 Å². The van der Waals surface area contributed by atoms with E-state index in [0.29, 0.717) is 11.3 Å². The molecule has 11 heteroatoms. The number of rotatable bonds is 10. The van der Waals surface area contributed by atoms with E-state index in [-0.39, 0.29) is 22.2 Å². The smallest absolute Gasteiger partial charge is 0.264 e. The highest BCUT2D eigenvalue weighted by molar-refractivity contribution is 7.92. The van der Waals surface area contributed by atoms with Crippen molar-refractivity contribution in [2.45, 2.75) is 50.7 Å². The number of amides is 2. The molecule has 0 saturated heterocycles. The molecule has 0 aliphatic carbocycles. The fourth-order valence-electron chi connectivity index (χ4n) is 3.90. The summed E-state index contributed by atoms with van der Waals surface area (Å²) in [5.74, 6) is -1.18. The molecule has 40 heavy (non-hydrogen) atoms. The summed E-state index contributed by atoms with van der Waals surface area (Å²) >= 11 is 6.32. The van der Waals surface area contributed by atoms with Crippen LogP contribution in [0.1, 0.15) is 33.3 Å². The van der Waals surface area contributed by atoms with Gasteiger partial charge in [-0.3, -0.25) is 13.9 Å². The van der Waals surface area contributed by atoms with E-state index in [9.17, 15) is 22.4 Å². The second-order valence-corrected chi connectivity index (χ2v) is 12.5. The summed E-state index contributed by atoms with van der Waals surface area (Å²) in [5.41, 5.74) is 0.130.